The molecule has 0 spiro atoms. The molecule has 6 nitrogen and oxygen atoms in total. The van der Waals surface area contributed by atoms with Crippen molar-refractivity contribution in [2.24, 2.45) is 11.0 Å². The summed E-state index contributed by atoms with van der Waals surface area (Å²) < 4.78 is 5.61. The number of rotatable bonds is 3. The van der Waals surface area contributed by atoms with Crippen LogP contribution in [0, 0.1) is 5.92 Å². The number of carbonyl (C=O) groups excluding carboxylic acids is 2. The molecule has 1 aliphatic heterocycles. The topological polar surface area (TPSA) is 80.6 Å². The Labute approximate surface area is 128 Å². The molecule has 1 aromatic heterocycles. The number of pyridine rings is 1. The summed E-state index contributed by atoms with van der Waals surface area (Å²) in [6, 6.07) is 3.31. The molecule has 2 unspecified atom stereocenters. The van der Waals surface area contributed by atoms with Crippen molar-refractivity contribution in [1.82, 2.24) is 10.4 Å². The van der Waals surface area contributed by atoms with E-state index in [0.717, 1.165) is 25.7 Å². The van der Waals surface area contributed by atoms with E-state index in [1.165, 1.54) is 18.7 Å². The number of hydrazone groups is 1. The Morgan fingerprint density at radius 1 is 1.41 bits per heavy atom. The number of nitrogens with zero attached hydrogens (tertiary/aromatic N) is 2. The standard InChI is InChI=1S/C16H17N3O3/c20-15-12(10-22-14-6-2-1-5-13(14)15)9-18-19-16(21)11-4-3-7-17-8-11/h3-4,7-10,13-14H,1-2,5-6H2,(H,19,21)/b18-9+. The van der Waals surface area contributed by atoms with E-state index in [1.54, 1.807) is 18.3 Å². The van der Waals surface area contributed by atoms with Crippen LogP contribution in [0.4, 0.5) is 0 Å². The minimum absolute atomic E-state index is 0.00313. The highest BCUT2D eigenvalue weighted by molar-refractivity contribution is 6.14. The second kappa shape index (κ2) is 6.51. The number of nitrogens with one attached hydrogen (secondary N) is 1. The Kier molecular flexibility index (Phi) is 4.27. The van der Waals surface area contributed by atoms with E-state index >= 15 is 0 Å². The number of Topliss-reactive ketones (excluding diaryl/α,β-unsaturated/α-hetero) is 1. The third kappa shape index (κ3) is 3.05. The van der Waals surface area contributed by atoms with E-state index in [0.29, 0.717) is 11.1 Å². The molecule has 2 heterocycles. The SMILES string of the molecule is O=C(N/N=C/C1=COC2CCCCC2C1=O)c1cccnc1. The average molecular weight is 299 g/mol. The minimum atomic E-state index is -0.371. The first-order valence-corrected chi connectivity index (χ1v) is 7.39. The second-order valence-corrected chi connectivity index (χ2v) is 5.44. The smallest absolute Gasteiger partial charge is 0.272 e. The highest BCUT2D eigenvalue weighted by atomic mass is 16.5. The predicted molar refractivity (Wildman–Crippen MR) is 80.1 cm³/mol. The maximum absolute atomic E-state index is 12.3. The van der Waals surface area contributed by atoms with Gasteiger partial charge in [0.2, 0.25) is 0 Å². The summed E-state index contributed by atoms with van der Waals surface area (Å²) in [5.74, 6) is -0.394. The molecule has 1 fully saturated rings. The average Bonchev–Trinajstić information content (AvgIpc) is 2.58. The highest BCUT2D eigenvalue weighted by Crippen LogP contribution is 2.32. The van der Waals surface area contributed by atoms with Crippen LogP contribution in [0.15, 0.2) is 41.5 Å². The van der Waals surface area contributed by atoms with Crippen molar-refractivity contribution in [3.63, 3.8) is 0 Å². The van der Waals surface area contributed by atoms with Crippen LogP contribution < -0.4 is 5.43 Å². The summed E-state index contributed by atoms with van der Waals surface area (Å²) >= 11 is 0. The van der Waals surface area contributed by atoms with Crippen LogP contribution in [0.2, 0.25) is 0 Å². The Hall–Kier alpha value is -2.50. The zero-order valence-corrected chi connectivity index (χ0v) is 12.1. The molecule has 0 radical (unpaired) electrons. The van der Waals surface area contributed by atoms with Gasteiger partial charge in [-0.3, -0.25) is 14.6 Å². The lowest BCUT2D eigenvalue weighted by Gasteiger charge is -2.33. The molecule has 6 heteroatoms. The molecule has 22 heavy (non-hydrogen) atoms. The molecular weight excluding hydrogens is 282 g/mol. The Morgan fingerprint density at radius 3 is 3.09 bits per heavy atom. The summed E-state index contributed by atoms with van der Waals surface area (Å²) in [4.78, 5) is 28.0. The first-order chi connectivity index (χ1) is 10.8. The largest absolute Gasteiger partial charge is 0.496 e. The van der Waals surface area contributed by atoms with Crippen molar-refractivity contribution in [2.75, 3.05) is 0 Å². The molecule has 2 atom stereocenters. The molecule has 1 N–H and O–H groups in total. The van der Waals surface area contributed by atoms with Crippen molar-refractivity contribution in [3.8, 4) is 0 Å². The number of ketones is 1. The molecule has 0 bridgehead atoms. The first kappa shape index (κ1) is 14.4. The number of hydrogen-bond acceptors (Lipinski definition) is 5. The van der Waals surface area contributed by atoms with Crippen LogP contribution in [-0.4, -0.2) is 29.0 Å². The summed E-state index contributed by atoms with van der Waals surface area (Å²) in [7, 11) is 0. The summed E-state index contributed by atoms with van der Waals surface area (Å²) in [6.07, 6.45) is 9.78. The van der Waals surface area contributed by atoms with E-state index in [2.05, 4.69) is 15.5 Å². The molecule has 0 aromatic carbocycles. The normalized spacial score (nSPS) is 24.4. The van der Waals surface area contributed by atoms with Gasteiger partial charge in [-0.05, 0) is 31.4 Å². The van der Waals surface area contributed by atoms with Gasteiger partial charge in [-0.25, -0.2) is 5.43 Å². The zero-order chi connectivity index (χ0) is 15.4. The monoisotopic (exact) mass is 299 g/mol. The first-order valence-electron chi connectivity index (χ1n) is 7.39. The quantitative estimate of drug-likeness (QED) is 0.682. The van der Waals surface area contributed by atoms with Crippen LogP contribution in [0.5, 0.6) is 0 Å². The molecule has 2 aliphatic rings. The predicted octanol–water partition coefficient (Wildman–Crippen LogP) is 1.84. The van der Waals surface area contributed by atoms with E-state index in [9.17, 15) is 9.59 Å². The van der Waals surface area contributed by atoms with Crippen LogP contribution in [-0.2, 0) is 9.53 Å². The molecule has 1 aromatic rings. The van der Waals surface area contributed by atoms with Crippen LogP contribution in [0.1, 0.15) is 36.0 Å². The molecular formula is C16H17N3O3. The minimum Gasteiger partial charge on any atom is -0.496 e. The van der Waals surface area contributed by atoms with Gasteiger partial charge in [-0.15, -0.1) is 0 Å². The number of allylic oxidation sites excluding steroid dienone is 1. The van der Waals surface area contributed by atoms with Gasteiger partial charge in [0.05, 0.1) is 29.5 Å². The van der Waals surface area contributed by atoms with E-state index < -0.39 is 0 Å². The molecule has 1 saturated carbocycles. The second-order valence-electron chi connectivity index (χ2n) is 5.44. The molecule has 1 amide bonds. The molecule has 0 saturated heterocycles. The fourth-order valence-electron chi connectivity index (χ4n) is 2.81. The Bertz CT molecular complexity index is 625. The highest BCUT2D eigenvalue weighted by Gasteiger charge is 2.36. The lowest BCUT2D eigenvalue weighted by molar-refractivity contribution is -0.126. The number of amides is 1. The van der Waals surface area contributed by atoms with Gasteiger partial charge in [0.1, 0.15) is 6.10 Å². The number of hydrogen-bond donors (Lipinski definition) is 1. The van der Waals surface area contributed by atoms with Gasteiger partial charge in [0, 0.05) is 12.4 Å². The van der Waals surface area contributed by atoms with Crippen LogP contribution in [0.25, 0.3) is 0 Å². The van der Waals surface area contributed by atoms with Crippen molar-refractivity contribution in [3.05, 3.63) is 41.9 Å². The Balaban J connectivity index is 1.62. The van der Waals surface area contributed by atoms with Gasteiger partial charge in [-0.1, -0.05) is 6.42 Å². The lowest BCUT2D eigenvalue weighted by atomic mass is 9.80. The number of ether oxygens (including phenoxy) is 1. The van der Waals surface area contributed by atoms with Gasteiger partial charge in [0.25, 0.3) is 5.91 Å². The third-order valence-corrected chi connectivity index (χ3v) is 3.99. The maximum Gasteiger partial charge on any atom is 0.272 e. The van der Waals surface area contributed by atoms with Gasteiger partial charge < -0.3 is 4.74 Å². The van der Waals surface area contributed by atoms with Gasteiger partial charge in [0.15, 0.2) is 5.78 Å². The summed E-state index contributed by atoms with van der Waals surface area (Å²) in [6.45, 7) is 0. The van der Waals surface area contributed by atoms with Gasteiger partial charge in [-0.2, -0.15) is 5.10 Å². The number of carbonyl (C=O) groups is 2. The summed E-state index contributed by atoms with van der Waals surface area (Å²) in [5, 5.41) is 3.84. The lowest BCUT2D eigenvalue weighted by Crippen LogP contribution is -2.37. The van der Waals surface area contributed by atoms with Crippen LogP contribution >= 0.6 is 0 Å². The maximum atomic E-state index is 12.3. The Morgan fingerprint density at radius 2 is 2.27 bits per heavy atom. The van der Waals surface area contributed by atoms with E-state index in [4.69, 9.17) is 4.74 Å². The zero-order valence-electron chi connectivity index (χ0n) is 12.1. The van der Waals surface area contributed by atoms with Crippen molar-refractivity contribution in [2.45, 2.75) is 31.8 Å². The van der Waals surface area contributed by atoms with E-state index in [1.807, 2.05) is 0 Å². The van der Waals surface area contributed by atoms with Crippen LogP contribution in [0.3, 0.4) is 0 Å². The van der Waals surface area contributed by atoms with Crippen molar-refractivity contribution >= 4 is 17.9 Å². The van der Waals surface area contributed by atoms with E-state index in [-0.39, 0.29) is 23.7 Å². The number of fused-ring (bicyclic) bond motifs is 1. The van der Waals surface area contributed by atoms with Gasteiger partial charge >= 0.3 is 0 Å². The molecule has 1 aliphatic carbocycles. The summed E-state index contributed by atoms with van der Waals surface area (Å²) in [5.41, 5.74) is 3.19. The van der Waals surface area contributed by atoms with Crippen molar-refractivity contribution in [1.29, 1.82) is 0 Å². The fourth-order valence-corrected chi connectivity index (χ4v) is 2.81. The van der Waals surface area contributed by atoms with Crippen molar-refractivity contribution < 1.29 is 14.3 Å². The molecule has 3 rings (SSSR count). The molecule has 114 valence electrons. The third-order valence-electron chi connectivity index (χ3n) is 3.99. The number of aromatic nitrogens is 1. The fraction of sp³-hybridized carbons (Fsp3) is 0.375.